The number of carbonyl (C=O) groups excluding carboxylic acids is 1. The first-order chi connectivity index (χ1) is 11.2. The summed E-state index contributed by atoms with van der Waals surface area (Å²) in [6.45, 7) is 11.0. The van der Waals surface area contributed by atoms with E-state index in [1.54, 1.807) is 19.1 Å². The molecule has 24 heavy (non-hydrogen) atoms. The van der Waals surface area contributed by atoms with Gasteiger partial charge in [-0.1, -0.05) is 0 Å². The Hall–Kier alpha value is -1.88. The van der Waals surface area contributed by atoms with Crippen LogP contribution in [0.4, 0.5) is 5.69 Å². The molecule has 1 aromatic rings. The third kappa shape index (κ3) is 4.35. The Morgan fingerprint density at radius 2 is 1.79 bits per heavy atom. The SMILES string of the molecule is CCOC(=O)c1ccc(N(C=N)C2CC(C)(C)NC(C)(C)C2)cc1. The van der Waals surface area contributed by atoms with E-state index in [0.29, 0.717) is 12.2 Å². The van der Waals surface area contributed by atoms with E-state index in [4.69, 9.17) is 10.1 Å². The zero-order chi connectivity index (χ0) is 18.0. The molecule has 1 heterocycles. The first kappa shape index (κ1) is 18.5. The van der Waals surface area contributed by atoms with Crippen molar-refractivity contribution in [2.45, 2.75) is 64.6 Å². The molecule has 0 aliphatic carbocycles. The van der Waals surface area contributed by atoms with Crippen molar-refractivity contribution in [1.82, 2.24) is 5.32 Å². The van der Waals surface area contributed by atoms with Crippen molar-refractivity contribution in [2.24, 2.45) is 0 Å². The third-order valence-electron chi connectivity index (χ3n) is 4.38. The van der Waals surface area contributed by atoms with Crippen molar-refractivity contribution in [3.05, 3.63) is 29.8 Å². The number of esters is 1. The molecule has 5 heteroatoms. The normalized spacial score (nSPS) is 19.5. The Balaban J connectivity index is 2.22. The molecular weight excluding hydrogens is 302 g/mol. The van der Waals surface area contributed by atoms with Crippen LogP contribution in [0.15, 0.2) is 24.3 Å². The molecule has 2 rings (SSSR count). The van der Waals surface area contributed by atoms with Gasteiger partial charge in [-0.15, -0.1) is 0 Å². The van der Waals surface area contributed by atoms with Crippen molar-refractivity contribution in [3.8, 4) is 0 Å². The fourth-order valence-corrected chi connectivity index (χ4v) is 3.84. The summed E-state index contributed by atoms with van der Waals surface area (Å²) in [5, 5.41) is 11.6. The van der Waals surface area contributed by atoms with Crippen LogP contribution >= 0.6 is 0 Å². The quantitative estimate of drug-likeness (QED) is 0.492. The lowest BCUT2D eigenvalue weighted by atomic mass is 9.79. The van der Waals surface area contributed by atoms with E-state index in [-0.39, 0.29) is 23.1 Å². The predicted molar refractivity (Wildman–Crippen MR) is 98.0 cm³/mol. The van der Waals surface area contributed by atoms with Crippen LogP contribution < -0.4 is 10.2 Å². The monoisotopic (exact) mass is 331 g/mol. The van der Waals surface area contributed by atoms with Gasteiger partial charge in [0.05, 0.1) is 18.5 Å². The number of nitrogens with one attached hydrogen (secondary N) is 2. The van der Waals surface area contributed by atoms with Crippen molar-refractivity contribution in [2.75, 3.05) is 11.5 Å². The number of piperidine rings is 1. The first-order valence-electron chi connectivity index (χ1n) is 8.53. The van der Waals surface area contributed by atoms with E-state index in [1.807, 2.05) is 17.0 Å². The van der Waals surface area contributed by atoms with Gasteiger partial charge in [0.15, 0.2) is 0 Å². The highest BCUT2D eigenvalue weighted by atomic mass is 16.5. The summed E-state index contributed by atoms with van der Waals surface area (Å²) in [4.78, 5) is 13.8. The highest BCUT2D eigenvalue weighted by Gasteiger charge is 2.39. The molecule has 0 saturated carbocycles. The van der Waals surface area contributed by atoms with Crippen LogP contribution in [0.1, 0.15) is 57.8 Å². The van der Waals surface area contributed by atoms with Crippen molar-refractivity contribution >= 4 is 18.0 Å². The Morgan fingerprint density at radius 1 is 1.25 bits per heavy atom. The smallest absolute Gasteiger partial charge is 0.338 e. The van der Waals surface area contributed by atoms with E-state index in [9.17, 15) is 4.79 Å². The van der Waals surface area contributed by atoms with Gasteiger partial charge < -0.3 is 15.0 Å². The van der Waals surface area contributed by atoms with Gasteiger partial charge in [-0.2, -0.15) is 0 Å². The maximum atomic E-state index is 11.8. The number of nitrogens with zero attached hydrogens (tertiary/aromatic N) is 1. The number of carbonyl (C=O) groups is 1. The fraction of sp³-hybridized carbons (Fsp3) is 0.579. The van der Waals surface area contributed by atoms with Crippen molar-refractivity contribution in [3.63, 3.8) is 0 Å². The first-order valence-corrected chi connectivity index (χ1v) is 8.53. The highest BCUT2D eigenvalue weighted by Crippen LogP contribution is 2.33. The molecule has 1 aliphatic rings. The standard InChI is InChI=1S/C19H29N3O2/c1-6-24-17(23)14-7-9-15(10-8-14)22(13-20)16-11-18(2,3)21-19(4,5)12-16/h7-10,13,16,20-21H,6,11-12H2,1-5H3. The summed E-state index contributed by atoms with van der Waals surface area (Å²) >= 11 is 0. The summed E-state index contributed by atoms with van der Waals surface area (Å²) in [5.74, 6) is -0.311. The van der Waals surface area contributed by atoms with Crippen LogP contribution in [-0.2, 0) is 4.74 Å². The summed E-state index contributed by atoms with van der Waals surface area (Å²) in [6.07, 6.45) is 3.29. The van der Waals surface area contributed by atoms with Crippen LogP contribution in [0, 0.1) is 5.41 Å². The molecule has 2 N–H and O–H groups in total. The number of hydrogen-bond acceptors (Lipinski definition) is 4. The number of anilines is 1. The Bertz CT molecular complexity index is 577. The van der Waals surface area contributed by atoms with E-state index in [0.717, 1.165) is 18.5 Å². The van der Waals surface area contributed by atoms with E-state index in [1.165, 1.54) is 6.34 Å². The highest BCUT2D eigenvalue weighted by molar-refractivity contribution is 5.90. The number of benzene rings is 1. The molecule has 0 radical (unpaired) electrons. The largest absolute Gasteiger partial charge is 0.462 e. The van der Waals surface area contributed by atoms with Gasteiger partial charge in [-0.3, -0.25) is 5.41 Å². The Morgan fingerprint density at radius 3 is 2.25 bits per heavy atom. The molecule has 5 nitrogen and oxygen atoms in total. The van der Waals surface area contributed by atoms with Gasteiger partial charge in [0.25, 0.3) is 0 Å². The number of rotatable bonds is 5. The van der Waals surface area contributed by atoms with Gasteiger partial charge in [0.1, 0.15) is 0 Å². The number of ether oxygens (including phenoxy) is 1. The fourth-order valence-electron chi connectivity index (χ4n) is 3.84. The van der Waals surface area contributed by atoms with Gasteiger partial charge in [-0.25, -0.2) is 4.79 Å². The van der Waals surface area contributed by atoms with E-state index in [2.05, 4.69) is 33.0 Å². The molecule has 1 aliphatic heterocycles. The lowest BCUT2D eigenvalue weighted by molar-refractivity contribution is 0.0526. The van der Waals surface area contributed by atoms with Gasteiger partial charge in [0.2, 0.25) is 0 Å². The Labute approximate surface area is 144 Å². The third-order valence-corrected chi connectivity index (χ3v) is 4.38. The molecule has 1 saturated heterocycles. The second-order valence-corrected chi connectivity index (χ2v) is 7.76. The lowest BCUT2D eigenvalue weighted by Gasteiger charge is -2.49. The van der Waals surface area contributed by atoms with Gasteiger partial charge in [0, 0.05) is 22.8 Å². The maximum Gasteiger partial charge on any atom is 0.338 e. The van der Waals surface area contributed by atoms with Crippen molar-refractivity contribution < 1.29 is 9.53 Å². The molecule has 0 spiro atoms. The van der Waals surface area contributed by atoms with Crippen LogP contribution in [0.3, 0.4) is 0 Å². The molecule has 1 fully saturated rings. The van der Waals surface area contributed by atoms with Crippen LogP contribution in [-0.4, -0.2) is 36.0 Å². The van der Waals surface area contributed by atoms with Crippen LogP contribution in [0.5, 0.6) is 0 Å². The second kappa shape index (κ2) is 6.93. The molecule has 0 bridgehead atoms. The molecular formula is C19H29N3O2. The van der Waals surface area contributed by atoms with E-state index < -0.39 is 0 Å². The van der Waals surface area contributed by atoms with Gasteiger partial charge in [-0.05, 0) is 71.7 Å². The van der Waals surface area contributed by atoms with Crippen molar-refractivity contribution in [1.29, 1.82) is 5.41 Å². The predicted octanol–water partition coefficient (Wildman–Crippen LogP) is 3.59. The average Bonchev–Trinajstić information content (AvgIpc) is 2.45. The molecule has 0 aromatic heterocycles. The van der Waals surface area contributed by atoms with Gasteiger partial charge >= 0.3 is 5.97 Å². The summed E-state index contributed by atoms with van der Waals surface area (Å²) in [6, 6.07) is 7.54. The zero-order valence-electron chi connectivity index (χ0n) is 15.3. The lowest BCUT2D eigenvalue weighted by Crippen LogP contribution is -2.62. The topological polar surface area (TPSA) is 65.4 Å². The number of hydrogen-bond donors (Lipinski definition) is 2. The van der Waals surface area contributed by atoms with Crippen LogP contribution in [0.25, 0.3) is 0 Å². The maximum absolute atomic E-state index is 11.8. The molecule has 0 atom stereocenters. The zero-order valence-corrected chi connectivity index (χ0v) is 15.3. The molecule has 132 valence electrons. The molecule has 0 amide bonds. The van der Waals surface area contributed by atoms with Crippen LogP contribution in [0.2, 0.25) is 0 Å². The Kier molecular flexibility index (Phi) is 5.33. The minimum atomic E-state index is -0.311. The summed E-state index contributed by atoms with van der Waals surface area (Å²) < 4.78 is 5.02. The summed E-state index contributed by atoms with van der Waals surface area (Å²) in [5.41, 5.74) is 1.49. The summed E-state index contributed by atoms with van der Waals surface area (Å²) in [7, 11) is 0. The molecule has 0 unspecified atom stereocenters. The second-order valence-electron chi connectivity index (χ2n) is 7.76. The minimum Gasteiger partial charge on any atom is -0.462 e. The minimum absolute atomic E-state index is 0.0124. The van der Waals surface area contributed by atoms with E-state index >= 15 is 0 Å². The molecule has 1 aromatic carbocycles. The average molecular weight is 331 g/mol.